The minimum Gasteiger partial charge on any atom is -0.451 e. The van der Waals surface area contributed by atoms with Crippen LogP contribution in [0.3, 0.4) is 0 Å². The maximum absolute atomic E-state index is 12.3. The normalized spacial score (nSPS) is 11.9. The number of carbonyl (C=O) groups excluding carboxylic acids is 1. The molecule has 3 aromatic rings. The molecule has 2 heterocycles. The number of rotatable bonds is 5. The van der Waals surface area contributed by atoms with Crippen molar-refractivity contribution in [2.24, 2.45) is 0 Å². The van der Waals surface area contributed by atoms with E-state index in [4.69, 9.17) is 16.0 Å². The molecule has 1 N–H and O–H groups in total. The molecule has 3 rings (SSSR count). The van der Waals surface area contributed by atoms with Gasteiger partial charge in [-0.15, -0.1) is 0 Å². The lowest BCUT2D eigenvalue weighted by Crippen LogP contribution is -2.34. The standard InChI is InChI=1S/C19H17ClN2O2/c1-13(12-14-6-4-5-11-21-14)22-19(23)18-10-9-17(24-18)15-7-2-3-8-16(15)20/h2-11,13H,12H2,1H3,(H,22,23)/t13-/m0/s1. The summed E-state index contributed by atoms with van der Waals surface area (Å²) in [7, 11) is 0. The number of nitrogens with zero attached hydrogens (tertiary/aromatic N) is 1. The van der Waals surface area contributed by atoms with Crippen LogP contribution in [0.5, 0.6) is 0 Å². The van der Waals surface area contributed by atoms with Crippen LogP contribution >= 0.6 is 11.6 Å². The summed E-state index contributed by atoms with van der Waals surface area (Å²) in [5.74, 6) is 0.581. The Labute approximate surface area is 145 Å². The predicted molar refractivity (Wildman–Crippen MR) is 94.0 cm³/mol. The molecule has 5 heteroatoms. The van der Waals surface area contributed by atoms with Gasteiger partial charge < -0.3 is 9.73 Å². The third kappa shape index (κ3) is 3.84. The number of carbonyl (C=O) groups is 1. The Hall–Kier alpha value is -2.59. The lowest BCUT2D eigenvalue weighted by atomic mass is 10.1. The van der Waals surface area contributed by atoms with E-state index < -0.39 is 0 Å². The van der Waals surface area contributed by atoms with E-state index >= 15 is 0 Å². The summed E-state index contributed by atoms with van der Waals surface area (Å²) in [6.45, 7) is 1.94. The van der Waals surface area contributed by atoms with Crippen LogP contribution in [0.15, 0.2) is 65.2 Å². The number of nitrogens with one attached hydrogen (secondary N) is 1. The summed E-state index contributed by atoms with van der Waals surface area (Å²) in [5, 5.41) is 3.50. The van der Waals surface area contributed by atoms with Crippen molar-refractivity contribution in [3.8, 4) is 11.3 Å². The highest BCUT2D eigenvalue weighted by molar-refractivity contribution is 6.33. The number of hydrogen-bond donors (Lipinski definition) is 1. The molecule has 1 amide bonds. The molecule has 2 aromatic heterocycles. The zero-order valence-electron chi connectivity index (χ0n) is 13.2. The van der Waals surface area contributed by atoms with Gasteiger partial charge in [-0.3, -0.25) is 9.78 Å². The fourth-order valence-corrected chi connectivity index (χ4v) is 2.67. The summed E-state index contributed by atoms with van der Waals surface area (Å²) >= 11 is 6.15. The molecule has 0 bridgehead atoms. The van der Waals surface area contributed by atoms with E-state index in [2.05, 4.69) is 10.3 Å². The second-order valence-corrected chi connectivity index (χ2v) is 5.95. The molecule has 0 fully saturated rings. The number of furan rings is 1. The van der Waals surface area contributed by atoms with E-state index in [1.165, 1.54) is 0 Å². The van der Waals surface area contributed by atoms with Gasteiger partial charge in [0.1, 0.15) is 5.76 Å². The predicted octanol–water partition coefficient (Wildman–Crippen LogP) is 4.36. The van der Waals surface area contributed by atoms with Crippen LogP contribution < -0.4 is 5.32 Å². The molecule has 0 aliphatic heterocycles. The highest BCUT2D eigenvalue weighted by atomic mass is 35.5. The van der Waals surface area contributed by atoms with Crippen LogP contribution in [0.4, 0.5) is 0 Å². The maximum atomic E-state index is 12.3. The first-order valence-electron chi connectivity index (χ1n) is 7.69. The molecule has 0 spiro atoms. The second-order valence-electron chi connectivity index (χ2n) is 5.54. The molecule has 1 atom stereocenters. The summed E-state index contributed by atoms with van der Waals surface area (Å²) in [5.41, 5.74) is 1.70. The Morgan fingerprint density at radius 1 is 1.17 bits per heavy atom. The van der Waals surface area contributed by atoms with Gasteiger partial charge in [0.05, 0.1) is 5.02 Å². The van der Waals surface area contributed by atoms with Gasteiger partial charge in [0, 0.05) is 29.9 Å². The van der Waals surface area contributed by atoms with Crippen LogP contribution in [0, 0.1) is 0 Å². The molecule has 0 saturated carbocycles. The number of benzene rings is 1. The summed E-state index contributed by atoms with van der Waals surface area (Å²) in [6.07, 6.45) is 2.40. The highest BCUT2D eigenvalue weighted by Crippen LogP contribution is 2.29. The molecule has 122 valence electrons. The van der Waals surface area contributed by atoms with E-state index in [1.807, 2.05) is 43.3 Å². The Morgan fingerprint density at radius 2 is 1.96 bits per heavy atom. The van der Waals surface area contributed by atoms with Crippen LogP contribution in [-0.2, 0) is 6.42 Å². The zero-order chi connectivity index (χ0) is 16.9. The molecular formula is C19H17ClN2O2. The quantitative estimate of drug-likeness (QED) is 0.751. The van der Waals surface area contributed by atoms with E-state index in [0.29, 0.717) is 17.2 Å². The van der Waals surface area contributed by atoms with Gasteiger partial charge in [-0.2, -0.15) is 0 Å². The van der Waals surface area contributed by atoms with Gasteiger partial charge in [-0.1, -0.05) is 29.8 Å². The van der Waals surface area contributed by atoms with Crippen molar-refractivity contribution >= 4 is 17.5 Å². The van der Waals surface area contributed by atoms with Crippen molar-refractivity contribution in [1.82, 2.24) is 10.3 Å². The topological polar surface area (TPSA) is 55.1 Å². The average Bonchev–Trinajstić information content (AvgIpc) is 3.06. The Kier molecular flexibility index (Phi) is 4.96. The van der Waals surface area contributed by atoms with Crippen molar-refractivity contribution in [3.05, 3.63) is 77.3 Å². The molecule has 4 nitrogen and oxygen atoms in total. The first-order valence-corrected chi connectivity index (χ1v) is 8.07. The maximum Gasteiger partial charge on any atom is 0.287 e. The third-order valence-corrected chi connectivity index (χ3v) is 3.92. The van der Waals surface area contributed by atoms with E-state index in [1.54, 1.807) is 24.4 Å². The van der Waals surface area contributed by atoms with Crippen molar-refractivity contribution in [2.45, 2.75) is 19.4 Å². The highest BCUT2D eigenvalue weighted by Gasteiger charge is 2.16. The van der Waals surface area contributed by atoms with Gasteiger partial charge in [0.15, 0.2) is 5.76 Å². The van der Waals surface area contributed by atoms with Crippen LogP contribution in [0.2, 0.25) is 5.02 Å². The van der Waals surface area contributed by atoms with Crippen LogP contribution in [0.1, 0.15) is 23.2 Å². The van der Waals surface area contributed by atoms with Gasteiger partial charge >= 0.3 is 0 Å². The molecule has 0 saturated heterocycles. The summed E-state index contributed by atoms with van der Waals surface area (Å²) in [4.78, 5) is 16.6. The molecule has 1 aromatic carbocycles. The number of pyridine rings is 1. The smallest absolute Gasteiger partial charge is 0.287 e. The first kappa shape index (κ1) is 16.3. The molecule has 0 aliphatic rings. The zero-order valence-corrected chi connectivity index (χ0v) is 14.0. The van der Waals surface area contributed by atoms with Crippen LogP contribution in [0.25, 0.3) is 11.3 Å². The second kappa shape index (κ2) is 7.32. The van der Waals surface area contributed by atoms with E-state index in [9.17, 15) is 4.79 Å². The number of hydrogen-bond acceptors (Lipinski definition) is 3. The number of halogens is 1. The Morgan fingerprint density at radius 3 is 2.71 bits per heavy atom. The van der Waals surface area contributed by atoms with Gasteiger partial charge in [-0.25, -0.2) is 0 Å². The van der Waals surface area contributed by atoms with Gasteiger partial charge in [0.2, 0.25) is 0 Å². The monoisotopic (exact) mass is 340 g/mol. The van der Waals surface area contributed by atoms with Gasteiger partial charge in [0.25, 0.3) is 5.91 Å². The fraction of sp³-hybridized carbons (Fsp3) is 0.158. The SMILES string of the molecule is C[C@@H](Cc1ccccn1)NC(=O)c1ccc(-c2ccccc2Cl)o1. The first-order chi connectivity index (χ1) is 11.6. The average molecular weight is 341 g/mol. The van der Waals surface area contributed by atoms with Gasteiger partial charge in [-0.05, 0) is 43.3 Å². The molecule has 24 heavy (non-hydrogen) atoms. The van der Waals surface area contributed by atoms with Crippen molar-refractivity contribution in [3.63, 3.8) is 0 Å². The van der Waals surface area contributed by atoms with Crippen molar-refractivity contribution in [2.75, 3.05) is 0 Å². The molecule has 0 unspecified atom stereocenters. The van der Waals surface area contributed by atoms with Crippen molar-refractivity contribution < 1.29 is 9.21 Å². The lowest BCUT2D eigenvalue weighted by Gasteiger charge is -2.12. The molecular weight excluding hydrogens is 324 g/mol. The van der Waals surface area contributed by atoms with E-state index in [0.717, 1.165) is 11.3 Å². The van der Waals surface area contributed by atoms with Crippen molar-refractivity contribution in [1.29, 1.82) is 0 Å². The van der Waals surface area contributed by atoms with Crippen LogP contribution in [-0.4, -0.2) is 16.9 Å². The molecule has 0 aliphatic carbocycles. The minimum atomic E-state index is -0.253. The minimum absolute atomic E-state index is 0.0544. The summed E-state index contributed by atoms with van der Waals surface area (Å²) in [6, 6.07) is 16.4. The third-order valence-electron chi connectivity index (χ3n) is 3.59. The Bertz CT molecular complexity index is 830. The van der Waals surface area contributed by atoms with E-state index in [-0.39, 0.29) is 17.7 Å². The largest absolute Gasteiger partial charge is 0.451 e. The fourth-order valence-electron chi connectivity index (χ4n) is 2.44. The summed E-state index contributed by atoms with van der Waals surface area (Å²) < 4.78 is 5.65. The number of aromatic nitrogens is 1. The Balaban J connectivity index is 1.67. The lowest BCUT2D eigenvalue weighted by molar-refractivity contribution is 0.0913. The number of amides is 1. The molecule has 0 radical (unpaired) electrons.